The summed E-state index contributed by atoms with van der Waals surface area (Å²) in [6, 6.07) is 4.36. The Morgan fingerprint density at radius 3 is 2.56 bits per heavy atom. The van der Waals surface area contributed by atoms with E-state index in [0.717, 1.165) is 0 Å². The van der Waals surface area contributed by atoms with Crippen molar-refractivity contribution in [3.8, 4) is 5.75 Å². The molecule has 0 aliphatic rings. The molecule has 1 rings (SSSR count). The largest absolute Gasteiger partial charge is 0.507 e. The Morgan fingerprint density at radius 1 is 1.44 bits per heavy atom. The highest BCUT2D eigenvalue weighted by atomic mass is 16.4. The summed E-state index contributed by atoms with van der Waals surface area (Å²) >= 11 is 0. The van der Waals surface area contributed by atoms with Gasteiger partial charge in [-0.3, -0.25) is 0 Å². The number of hydrogen-bond acceptors (Lipinski definition) is 4. The van der Waals surface area contributed by atoms with E-state index in [9.17, 15) is 9.90 Å². The van der Waals surface area contributed by atoms with E-state index in [2.05, 4.69) is 0 Å². The van der Waals surface area contributed by atoms with Crippen LogP contribution in [0, 0.1) is 0 Å². The van der Waals surface area contributed by atoms with Crippen LogP contribution in [0.2, 0.25) is 5.82 Å². The zero-order chi connectivity index (χ0) is 12.3. The molecule has 0 aliphatic heterocycles. The predicted octanol–water partition coefficient (Wildman–Crippen LogP) is 0.496. The Labute approximate surface area is 93.1 Å². The average Bonchev–Trinajstić information content (AvgIpc) is 2.20. The fourth-order valence-corrected chi connectivity index (χ4v) is 1.38. The number of carbonyl (C=O) groups is 1. The minimum Gasteiger partial charge on any atom is -0.507 e. The van der Waals surface area contributed by atoms with Gasteiger partial charge in [-0.1, -0.05) is 19.1 Å². The molecule has 1 atom stereocenters. The van der Waals surface area contributed by atoms with Gasteiger partial charge in [0.1, 0.15) is 11.3 Å². The van der Waals surface area contributed by atoms with Crippen LogP contribution in [0.3, 0.4) is 0 Å². The van der Waals surface area contributed by atoms with Crippen molar-refractivity contribution in [3.05, 3.63) is 29.3 Å². The third-order valence-corrected chi connectivity index (χ3v) is 2.40. The molecule has 0 spiro atoms. The first kappa shape index (κ1) is 12.5. The van der Waals surface area contributed by atoms with Crippen molar-refractivity contribution in [2.75, 3.05) is 0 Å². The molecule has 0 saturated heterocycles. The van der Waals surface area contributed by atoms with Crippen molar-refractivity contribution < 1.29 is 25.1 Å². The van der Waals surface area contributed by atoms with Gasteiger partial charge in [0.25, 0.3) is 0 Å². The zero-order valence-electron chi connectivity index (χ0n) is 8.79. The van der Waals surface area contributed by atoms with Gasteiger partial charge in [0.2, 0.25) is 0 Å². The second-order valence-corrected chi connectivity index (χ2v) is 3.71. The molecule has 0 radical (unpaired) electrons. The van der Waals surface area contributed by atoms with Gasteiger partial charge in [0, 0.05) is 0 Å². The van der Waals surface area contributed by atoms with E-state index in [1.807, 2.05) is 0 Å². The van der Waals surface area contributed by atoms with E-state index in [1.165, 1.54) is 12.1 Å². The summed E-state index contributed by atoms with van der Waals surface area (Å²) in [5.74, 6) is -2.01. The standard InChI is InChI=1S/C10H13BO5/c1-6(11(15)16)5-7-3-2-4-8(9(7)12)10(13)14/h2-4,6,12,15-16H,5H2,1H3,(H,13,14)/t6-/m0/s1. The van der Waals surface area contributed by atoms with E-state index in [4.69, 9.17) is 15.2 Å². The lowest BCUT2D eigenvalue weighted by Gasteiger charge is -2.12. The average molecular weight is 224 g/mol. The van der Waals surface area contributed by atoms with Crippen LogP contribution in [0.15, 0.2) is 18.2 Å². The lowest BCUT2D eigenvalue weighted by atomic mass is 9.71. The summed E-state index contributed by atoms with van der Waals surface area (Å²) in [5.41, 5.74) is 0.206. The van der Waals surface area contributed by atoms with Crippen LogP contribution in [0.4, 0.5) is 0 Å². The van der Waals surface area contributed by atoms with Crippen LogP contribution in [-0.2, 0) is 6.42 Å². The SMILES string of the molecule is C[C@@H](Cc1cccc(C(=O)O)c1O)B(O)O. The molecule has 6 heteroatoms. The number of aromatic hydroxyl groups is 1. The number of carboxylic acid groups (broad SMARTS) is 1. The van der Waals surface area contributed by atoms with E-state index >= 15 is 0 Å². The number of rotatable bonds is 4. The Balaban J connectivity index is 2.98. The van der Waals surface area contributed by atoms with E-state index in [0.29, 0.717) is 5.56 Å². The van der Waals surface area contributed by atoms with Crippen LogP contribution in [0.5, 0.6) is 5.75 Å². The van der Waals surface area contributed by atoms with Gasteiger partial charge < -0.3 is 20.3 Å². The van der Waals surface area contributed by atoms with Gasteiger partial charge in [0.05, 0.1) is 0 Å². The molecule has 0 heterocycles. The van der Waals surface area contributed by atoms with Gasteiger partial charge in [-0.25, -0.2) is 4.79 Å². The fraction of sp³-hybridized carbons (Fsp3) is 0.300. The van der Waals surface area contributed by atoms with Crippen LogP contribution in [0.25, 0.3) is 0 Å². The molecule has 4 N–H and O–H groups in total. The van der Waals surface area contributed by atoms with Crippen LogP contribution in [0.1, 0.15) is 22.8 Å². The zero-order valence-corrected chi connectivity index (χ0v) is 8.79. The minimum absolute atomic E-state index is 0.183. The van der Waals surface area contributed by atoms with Crippen LogP contribution < -0.4 is 0 Å². The molecule has 5 nitrogen and oxygen atoms in total. The van der Waals surface area contributed by atoms with E-state index in [-0.39, 0.29) is 17.7 Å². The second kappa shape index (κ2) is 5.00. The van der Waals surface area contributed by atoms with Crippen molar-refractivity contribution in [1.29, 1.82) is 0 Å². The lowest BCUT2D eigenvalue weighted by Crippen LogP contribution is -2.19. The molecule has 0 unspecified atom stereocenters. The summed E-state index contributed by atoms with van der Waals surface area (Å²) in [6.07, 6.45) is 0.199. The van der Waals surface area contributed by atoms with Crippen LogP contribution in [-0.4, -0.2) is 33.3 Å². The maximum absolute atomic E-state index is 10.7. The maximum atomic E-state index is 10.7. The monoisotopic (exact) mass is 224 g/mol. The normalized spacial score (nSPS) is 12.2. The molecule has 0 fully saturated rings. The molecule has 1 aromatic carbocycles. The van der Waals surface area contributed by atoms with Crippen LogP contribution >= 0.6 is 0 Å². The summed E-state index contributed by atoms with van der Waals surface area (Å²) in [5, 5.41) is 36.2. The van der Waals surface area contributed by atoms with Crippen molar-refractivity contribution in [2.24, 2.45) is 0 Å². The molecule has 0 aromatic heterocycles. The molecule has 86 valence electrons. The van der Waals surface area contributed by atoms with Crippen molar-refractivity contribution in [1.82, 2.24) is 0 Å². The molecular formula is C10H13BO5. The summed E-state index contributed by atoms with van der Waals surface area (Å²) in [6.45, 7) is 1.59. The first-order valence-electron chi connectivity index (χ1n) is 4.83. The van der Waals surface area contributed by atoms with Crippen molar-refractivity contribution in [3.63, 3.8) is 0 Å². The Morgan fingerprint density at radius 2 is 2.06 bits per heavy atom. The maximum Gasteiger partial charge on any atom is 0.454 e. The molecule has 1 aromatic rings. The second-order valence-electron chi connectivity index (χ2n) is 3.71. The molecule has 0 bridgehead atoms. The third kappa shape index (κ3) is 2.74. The Hall–Kier alpha value is -1.53. The quantitative estimate of drug-likeness (QED) is 0.558. The number of phenols is 1. The smallest absolute Gasteiger partial charge is 0.454 e. The van der Waals surface area contributed by atoms with Gasteiger partial charge in [0.15, 0.2) is 0 Å². The minimum atomic E-state index is -1.49. The topological polar surface area (TPSA) is 98.0 Å². The number of carboxylic acids is 1. The molecule has 16 heavy (non-hydrogen) atoms. The van der Waals surface area contributed by atoms with E-state index < -0.39 is 18.9 Å². The van der Waals surface area contributed by atoms with Gasteiger partial charge >= 0.3 is 13.1 Å². The Bertz CT molecular complexity index is 391. The summed E-state index contributed by atoms with van der Waals surface area (Å²) in [7, 11) is -1.49. The van der Waals surface area contributed by atoms with E-state index in [1.54, 1.807) is 13.0 Å². The highest BCUT2D eigenvalue weighted by molar-refractivity contribution is 6.43. The first-order valence-corrected chi connectivity index (χ1v) is 4.83. The number of benzene rings is 1. The number of para-hydroxylation sites is 1. The molecule has 0 amide bonds. The highest BCUT2D eigenvalue weighted by Crippen LogP contribution is 2.26. The van der Waals surface area contributed by atoms with Gasteiger partial charge in [-0.15, -0.1) is 0 Å². The molecule has 0 saturated carbocycles. The Kier molecular flexibility index (Phi) is 3.92. The first-order chi connectivity index (χ1) is 7.43. The number of hydrogen-bond donors (Lipinski definition) is 4. The fourth-order valence-electron chi connectivity index (χ4n) is 1.38. The summed E-state index contributed by atoms with van der Waals surface area (Å²) in [4.78, 5) is 10.7. The lowest BCUT2D eigenvalue weighted by molar-refractivity contribution is 0.0693. The molecule has 0 aliphatic carbocycles. The highest BCUT2D eigenvalue weighted by Gasteiger charge is 2.21. The number of aromatic carboxylic acids is 1. The molecular weight excluding hydrogens is 211 g/mol. The predicted molar refractivity (Wildman–Crippen MR) is 58.4 cm³/mol. The van der Waals surface area contributed by atoms with Crippen molar-refractivity contribution >= 4 is 13.1 Å². The van der Waals surface area contributed by atoms with Gasteiger partial charge in [-0.05, 0) is 23.9 Å². The summed E-state index contributed by atoms with van der Waals surface area (Å²) < 4.78 is 0. The third-order valence-electron chi connectivity index (χ3n) is 2.40. The van der Waals surface area contributed by atoms with Gasteiger partial charge in [-0.2, -0.15) is 0 Å². The van der Waals surface area contributed by atoms with Crippen molar-refractivity contribution in [2.45, 2.75) is 19.2 Å².